The summed E-state index contributed by atoms with van der Waals surface area (Å²) in [6.45, 7) is 1.35. The summed E-state index contributed by atoms with van der Waals surface area (Å²) < 4.78 is 0. The summed E-state index contributed by atoms with van der Waals surface area (Å²) in [5, 5.41) is 18.9. The van der Waals surface area contributed by atoms with Gasteiger partial charge in [-0.3, -0.25) is 0 Å². The highest BCUT2D eigenvalue weighted by Gasteiger charge is 2.27. The maximum atomic E-state index is 10.4. The molecule has 1 aliphatic rings. The molecule has 6 heteroatoms. The van der Waals surface area contributed by atoms with Crippen molar-refractivity contribution in [2.24, 2.45) is 5.92 Å². The van der Waals surface area contributed by atoms with Crippen molar-refractivity contribution in [2.45, 2.75) is 0 Å². The van der Waals surface area contributed by atoms with E-state index in [1.54, 1.807) is 6.07 Å². The lowest BCUT2D eigenvalue weighted by atomic mass is 10.0. The van der Waals surface area contributed by atoms with Gasteiger partial charge in [-0.05, 0) is 16.0 Å². The quantitative estimate of drug-likeness (QED) is 0.529. The van der Waals surface area contributed by atoms with Crippen LogP contribution < -0.4 is 4.90 Å². The molecule has 0 radical (unpaired) electrons. The molecule has 1 aromatic heterocycles. The van der Waals surface area contributed by atoms with E-state index >= 15 is 0 Å². The van der Waals surface area contributed by atoms with Crippen molar-refractivity contribution >= 4 is 11.5 Å². The Balaban J connectivity index is 2.06. The van der Waals surface area contributed by atoms with Gasteiger partial charge in [0.2, 0.25) is 0 Å². The first-order valence-corrected chi connectivity index (χ1v) is 4.45. The van der Waals surface area contributed by atoms with Gasteiger partial charge in [0, 0.05) is 19.2 Å². The Morgan fingerprint density at radius 1 is 1.60 bits per heavy atom. The zero-order valence-electron chi connectivity index (χ0n) is 7.83. The van der Waals surface area contributed by atoms with Gasteiger partial charge in [0.1, 0.15) is 0 Å². The van der Waals surface area contributed by atoms with Crippen LogP contribution in [0.1, 0.15) is 0 Å². The molecule has 1 aromatic rings. The number of aromatic nitrogens is 1. The van der Waals surface area contributed by atoms with Crippen LogP contribution in [-0.2, 0) is 0 Å². The highest BCUT2D eigenvalue weighted by molar-refractivity contribution is 5.49. The fourth-order valence-electron chi connectivity index (χ4n) is 1.44. The minimum Gasteiger partial charge on any atom is -0.366 e. The van der Waals surface area contributed by atoms with Gasteiger partial charge in [-0.25, -0.2) is 0 Å². The molecule has 76 valence electrons. The molecule has 15 heavy (non-hydrogen) atoms. The van der Waals surface area contributed by atoms with Gasteiger partial charge in [0.15, 0.2) is 6.20 Å². The fraction of sp³-hybridized carbons (Fsp3) is 0.333. The molecule has 0 atom stereocenters. The van der Waals surface area contributed by atoms with Crippen molar-refractivity contribution in [2.75, 3.05) is 18.0 Å². The molecule has 0 aromatic carbocycles. The molecule has 0 bridgehead atoms. The minimum atomic E-state index is -0.530. The second kappa shape index (κ2) is 3.53. The lowest BCUT2D eigenvalue weighted by molar-refractivity contribution is -0.389. The van der Waals surface area contributed by atoms with Crippen molar-refractivity contribution in [3.63, 3.8) is 0 Å². The van der Waals surface area contributed by atoms with E-state index in [2.05, 4.69) is 11.1 Å². The Morgan fingerprint density at radius 2 is 2.33 bits per heavy atom. The summed E-state index contributed by atoms with van der Waals surface area (Å²) in [4.78, 5) is 15.5. The lowest BCUT2D eigenvalue weighted by Crippen LogP contribution is -2.46. The Bertz CT molecular complexity index is 417. The number of pyridine rings is 1. The molecular weight excluding hydrogens is 196 g/mol. The van der Waals surface area contributed by atoms with Crippen molar-refractivity contribution in [3.05, 3.63) is 28.4 Å². The average Bonchev–Trinajstić information content (AvgIpc) is 2.17. The van der Waals surface area contributed by atoms with Crippen molar-refractivity contribution in [3.8, 4) is 6.07 Å². The smallest absolute Gasteiger partial charge is 0.363 e. The molecule has 0 aliphatic carbocycles. The van der Waals surface area contributed by atoms with E-state index in [1.165, 1.54) is 12.3 Å². The molecule has 2 rings (SSSR count). The zero-order chi connectivity index (χ0) is 10.8. The molecule has 1 saturated heterocycles. The number of hydrogen-bond donors (Lipinski definition) is 0. The highest BCUT2D eigenvalue weighted by atomic mass is 16.6. The van der Waals surface area contributed by atoms with Gasteiger partial charge >= 0.3 is 5.82 Å². The van der Waals surface area contributed by atoms with Crippen LogP contribution in [0.2, 0.25) is 0 Å². The van der Waals surface area contributed by atoms with E-state index < -0.39 is 4.92 Å². The van der Waals surface area contributed by atoms with Gasteiger partial charge in [0.25, 0.3) is 0 Å². The molecule has 1 fully saturated rings. The Morgan fingerprint density at radius 3 is 2.80 bits per heavy atom. The van der Waals surface area contributed by atoms with Crippen LogP contribution in [0, 0.1) is 27.4 Å². The normalized spacial score (nSPS) is 15.5. The van der Waals surface area contributed by atoms with Gasteiger partial charge in [-0.15, -0.1) is 0 Å². The van der Waals surface area contributed by atoms with Gasteiger partial charge in [0.05, 0.1) is 17.7 Å². The summed E-state index contributed by atoms with van der Waals surface area (Å²) in [5.41, 5.74) is 0.826. The van der Waals surface area contributed by atoms with Crippen molar-refractivity contribution in [1.82, 2.24) is 4.98 Å². The third-order valence-electron chi connectivity index (χ3n) is 2.35. The van der Waals surface area contributed by atoms with Crippen LogP contribution in [0.3, 0.4) is 0 Å². The number of hydrogen-bond acceptors (Lipinski definition) is 5. The number of rotatable bonds is 2. The molecule has 0 unspecified atom stereocenters. The maximum absolute atomic E-state index is 10.4. The maximum Gasteiger partial charge on any atom is 0.363 e. The van der Waals surface area contributed by atoms with E-state index in [-0.39, 0.29) is 11.7 Å². The van der Waals surface area contributed by atoms with Gasteiger partial charge in [-0.1, -0.05) is 0 Å². The SMILES string of the molecule is N#CC1CN(c2ccc([N+](=O)[O-])nc2)C1. The summed E-state index contributed by atoms with van der Waals surface area (Å²) in [6, 6.07) is 5.18. The van der Waals surface area contributed by atoms with E-state index in [9.17, 15) is 10.1 Å². The number of anilines is 1. The zero-order valence-corrected chi connectivity index (χ0v) is 7.83. The van der Waals surface area contributed by atoms with Gasteiger partial charge < -0.3 is 15.0 Å². The Kier molecular flexibility index (Phi) is 2.21. The number of nitriles is 1. The standard InChI is InChI=1S/C9H8N4O2/c10-3-7-5-12(6-7)8-1-2-9(11-4-8)13(14)15/h1-2,4,7H,5-6H2. The van der Waals surface area contributed by atoms with Crippen LogP contribution in [0.25, 0.3) is 0 Å². The lowest BCUT2D eigenvalue weighted by Gasteiger charge is -2.36. The molecule has 6 nitrogen and oxygen atoms in total. The summed E-state index contributed by atoms with van der Waals surface area (Å²) in [5.74, 6) is -0.0868. The van der Waals surface area contributed by atoms with Crippen LogP contribution in [0.5, 0.6) is 0 Å². The van der Waals surface area contributed by atoms with Crippen molar-refractivity contribution < 1.29 is 4.92 Å². The van der Waals surface area contributed by atoms with E-state index in [0.717, 1.165) is 5.69 Å². The predicted molar refractivity (Wildman–Crippen MR) is 52.2 cm³/mol. The first-order chi connectivity index (χ1) is 7.20. The topological polar surface area (TPSA) is 83.1 Å². The third-order valence-corrected chi connectivity index (χ3v) is 2.35. The summed E-state index contributed by atoms with van der Waals surface area (Å²) in [7, 11) is 0. The highest BCUT2D eigenvalue weighted by Crippen LogP contribution is 2.24. The predicted octanol–water partition coefficient (Wildman–Crippen LogP) is 0.950. The fourth-order valence-corrected chi connectivity index (χ4v) is 1.44. The van der Waals surface area contributed by atoms with Crippen LogP contribution in [-0.4, -0.2) is 23.0 Å². The molecule has 0 saturated carbocycles. The molecule has 0 amide bonds. The molecule has 2 heterocycles. The third kappa shape index (κ3) is 1.72. The number of nitro groups is 1. The molecule has 1 aliphatic heterocycles. The first-order valence-electron chi connectivity index (χ1n) is 4.45. The second-order valence-corrected chi connectivity index (χ2v) is 3.36. The molecular formula is C9H8N4O2. The van der Waals surface area contributed by atoms with E-state index in [1.807, 2.05) is 4.90 Å². The van der Waals surface area contributed by atoms with Crippen LogP contribution in [0.15, 0.2) is 18.3 Å². The Hall–Kier alpha value is -2.16. The Labute approximate surface area is 85.9 Å². The van der Waals surface area contributed by atoms with E-state index in [0.29, 0.717) is 13.1 Å². The van der Waals surface area contributed by atoms with Crippen LogP contribution >= 0.6 is 0 Å². The second-order valence-electron chi connectivity index (χ2n) is 3.36. The summed E-state index contributed by atoms with van der Waals surface area (Å²) >= 11 is 0. The van der Waals surface area contributed by atoms with E-state index in [4.69, 9.17) is 5.26 Å². The summed E-state index contributed by atoms with van der Waals surface area (Å²) in [6.07, 6.45) is 1.46. The molecule has 0 N–H and O–H groups in total. The minimum absolute atomic E-state index is 0.0696. The monoisotopic (exact) mass is 204 g/mol. The molecule has 0 spiro atoms. The average molecular weight is 204 g/mol. The van der Waals surface area contributed by atoms with Crippen molar-refractivity contribution in [1.29, 1.82) is 5.26 Å². The largest absolute Gasteiger partial charge is 0.366 e. The first kappa shape index (κ1) is 9.40. The van der Waals surface area contributed by atoms with Gasteiger partial charge in [-0.2, -0.15) is 5.26 Å². The van der Waals surface area contributed by atoms with Crippen LogP contribution in [0.4, 0.5) is 11.5 Å². The number of nitrogens with zero attached hydrogens (tertiary/aromatic N) is 4.